The third kappa shape index (κ3) is 4.74. The standard InChI is InChI=1S/C25H28O5/c1-16(2)5-4-14-25(3)23(29)15-20-22(28)13-11-19(24(20)30-25)21(27)12-8-17-6-9-18(26)10-7-17/h5-13,23,26,28-29H,4,14-15H2,1-3H3/t23-,25+/m0/s1. The monoisotopic (exact) mass is 408 g/mol. The molecule has 30 heavy (non-hydrogen) atoms. The first-order chi connectivity index (χ1) is 14.2. The van der Waals surface area contributed by atoms with Gasteiger partial charge in [-0.2, -0.15) is 0 Å². The van der Waals surface area contributed by atoms with Gasteiger partial charge >= 0.3 is 0 Å². The van der Waals surface area contributed by atoms with Crippen molar-refractivity contribution in [2.75, 3.05) is 0 Å². The van der Waals surface area contributed by atoms with Crippen LogP contribution in [-0.4, -0.2) is 32.8 Å². The largest absolute Gasteiger partial charge is 0.508 e. The van der Waals surface area contributed by atoms with E-state index in [9.17, 15) is 20.1 Å². The van der Waals surface area contributed by atoms with Gasteiger partial charge in [0.2, 0.25) is 0 Å². The summed E-state index contributed by atoms with van der Waals surface area (Å²) in [5, 5.41) is 30.3. The Labute approximate surface area is 177 Å². The lowest BCUT2D eigenvalue weighted by atomic mass is 9.84. The van der Waals surface area contributed by atoms with Gasteiger partial charge < -0.3 is 20.1 Å². The number of aliphatic hydroxyl groups is 1. The molecule has 0 fully saturated rings. The topological polar surface area (TPSA) is 87.0 Å². The average molecular weight is 408 g/mol. The quantitative estimate of drug-likeness (QED) is 0.363. The van der Waals surface area contributed by atoms with Gasteiger partial charge in [0, 0.05) is 12.0 Å². The molecule has 0 saturated heterocycles. The van der Waals surface area contributed by atoms with Crippen LogP contribution < -0.4 is 4.74 Å². The van der Waals surface area contributed by atoms with Gasteiger partial charge in [0.25, 0.3) is 0 Å². The number of aliphatic hydroxyl groups excluding tert-OH is 1. The summed E-state index contributed by atoms with van der Waals surface area (Å²) in [6.07, 6.45) is 5.95. The fraction of sp³-hybridized carbons (Fsp3) is 0.320. The third-order valence-corrected chi connectivity index (χ3v) is 5.45. The van der Waals surface area contributed by atoms with Crippen LogP contribution in [0.25, 0.3) is 6.08 Å². The van der Waals surface area contributed by atoms with Crippen molar-refractivity contribution in [1.82, 2.24) is 0 Å². The van der Waals surface area contributed by atoms with Crippen molar-refractivity contribution in [2.45, 2.75) is 51.7 Å². The van der Waals surface area contributed by atoms with E-state index in [1.165, 1.54) is 17.7 Å². The van der Waals surface area contributed by atoms with Crippen LogP contribution in [0.15, 0.2) is 54.1 Å². The SMILES string of the molecule is CC(C)=CCC[C@@]1(C)Oc2c(C(=O)C=Cc3ccc(O)cc3)ccc(O)c2C[C@@H]1O. The van der Waals surface area contributed by atoms with E-state index in [2.05, 4.69) is 6.08 Å². The summed E-state index contributed by atoms with van der Waals surface area (Å²) in [6, 6.07) is 9.52. The van der Waals surface area contributed by atoms with Crippen molar-refractivity contribution >= 4 is 11.9 Å². The third-order valence-electron chi connectivity index (χ3n) is 5.45. The number of allylic oxidation sites excluding steroid dienone is 3. The summed E-state index contributed by atoms with van der Waals surface area (Å²) in [5.74, 6) is 0.239. The maximum atomic E-state index is 12.9. The fourth-order valence-corrected chi connectivity index (χ4v) is 3.55. The summed E-state index contributed by atoms with van der Waals surface area (Å²) in [6.45, 7) is 5.88. The van der Waals surface area contributed by atoms with Crippen LogP contribution >= 0.6 is 0 Å². The van der Waals surface area contributed by atoms with Crippen LogP contribution in [0.1, 0.15) is 55.1 Å². The average Bonchev–Trinajstić information content (AvgIpc) is 2.69. The van der Waals surface area contributed by atoms with Crippen molar-refractivity contribution in [3.63, 3.8) is 0 Å². The first-order valence-electron chi connectivity index (χ1n) is 10.1. The second-order valence-corrected chi connectivity index (χ2v) is 8.18. The lowest BCUT2D eigenvalue weighted by molar-refractivity contribution is -0.0595. The number of carbonyl (C=O) groups is 1. The second-order valence-electron chi connectivity index (χ2n) is 8.18. The first-order valence-corrected chi connectivity index (χ1v) is 10.1. The van der Waals surface area contributed by atoms with Gasteiger partial charge in [0.05, 0.1) is 11.7 Å². The van der Waals surface area contributed by atoms with E-state index in [0.29, 0.717) is 23.3 Å². The number of phenolic OH excluding ortho intramolecular Hbond substituents is 2. The number of phenols is 2. The Bertz CT molecular complexity index is 983. The molecule has 0 spiro atoms. The highest BCUT2D eigenvalue weighted by Gasteiger charge is 2.41. The van der Waals surface area contributed by atoms with Crippen LogP contribution in [0.2, 0.25) is 0 Å². The van der Waals surface area contributed by atoms with Gasteiger partial charge in [0.15, 0.2) is 5.78 Å². The number of fused-ring (bicyclic) bond motifs is 1. The van der Waals surface area contributed by atoms with Crippen molar-refractivity contribution in [3.8, 4) is 17.2 Å². The maximum Gasteiger partial charge on any atom is 0.189 e. The van der Waals surface area contributed by atoms with Gasteiger partial charge in [-0.3, -0.25) is 4.79 Å². The van der Waals surface area contributed by atoms with Crippen LogP contribution in [-0.2, 0) is 6.42 Å². The Morgan fingerprint density at radius 3 is 2.53 bits per heavy atom. The number of rotatable bonds is 6. The van der Waals surface area contributed by atoms with Crippen LogP contribution in [0.3, 0.4) is 0 Å². The Hall–Kier alpha value is -3.05. The molecule has 0 aliphatic carbocycles. The molecule has 0 radical (unpaired) electrons. The predicted octanol–water partition coefficient (Wildman–Crippen LogP) is 4.79. The predicted molar refractivity (Wildman–Crippen MR) is 117 cm³/mol. The molecule has 0 amide bonds. The molecule has 0 bridgehead atoms. The smallest absolute Gasteiger partial charge is 0.189 e. The molecule has 1 heterocycles. The van der Waals surface area contributed by atoms with E-state index in [0.717, 1.165) is 12.0 Å². The molecule has 2 aromatic carbocycles. The Morgan fingerprint density at radius 1 is 1.17 bits per heavy atom. The van der Waals surface area contributed by atoms with Gasteiger partial charge in [0.1, 0.15) is 22.8 Å². The minimum absolute atomic E-state index is 0.00876. The summed E-state index contributed by atoms with van der Waals surface area (Å²) >= 11 is 0. The second kappa shape index (κ2) is 8.76. The highest BCUT2D eigenvalue weighted by atomic mass is 16.5. The number of carbonyl (C=O) groups excluding carboxylic acids is 1. The Balaban J connectivity index is 1.89. The van der Waals surface area contributed by atoms with Gasteiger partial charge in [-0.15, -0.1) is 0 Å². The van der Waals surface area contributed by atoms with Crippen LogP contribution in [0.4, 0.5) is 0 Å². The van der Waals surface area contributed by atoms with E-state index >= 15 is 0 Å². The van der Waals surface area contributed by atoms with E-state index < -0.39 is 11.7 Å². The summed E-state index contributed by atoms with van der Waals surface area (Å²) in [7, 11) is 0. The Morgan fingerprint density at radius 2 is 1.87 bits per heavy atom. The highest BCUT2D eigenvalue weighted by molar-refractivity contribution is 6.09. The molecule has 2 atom stereocenters. The molecule has 3 N–H and O–H groups in total. The molecule has 2 aromatic rings. The van der Waals surface area contributed by atoms with Crippen molar-refractivity contribution in [1.29, 1.82) is 0 Å². The summed E-state index contributed by atoms with van der Waals surface area (Å²) < 4.78 is 6.19. The van der Waals surface area contributed by atoms with Crippen LogP contribution in [0.5, 0.6) is 17.2 Å². The minimum Gasteiger partial charge on any atom is -0.508 e. The van der Waals surface area contributed by atoms with Gasteiger partial charge in [-0.1, -0.05) is 29.9 Å². The molecule has 1 aliphatic heterocycles. The van der Waals surface area contributed by atoms with Gasteiger partial charge in [-0.05, 0) is 69.5 Å². The molecule has 5 heteroatoms. The lowest BCUT2D eigenvalue weighted by Gasteiger charge is -2.40. The number of ketones is 1. The molecule has 0 saturated carbocycles. The van der Waals surface area contributed by atoms with E-state index in [1.54, 1.807) is 36.4 Å². The highest BCUT2D eigenvalue weighted by Crippen LogP contribution is 2.42. The molecular formula is C25H28O5. The zero-order valence-electron chi connectivity index (χ0n) is 17.6. The molecular weight excluding hydrogens is 380 g/mol. The normalized spacial score (nSPS) is 20.5. The Kier molecular flexibility index (Phi) is 6.32. The number of aromatic hydroxyl groups is 2. The number of hydrogen-bond donors (Lipinski definition) is 3. The first kappa shape index (κ1) is 21.7. The van der Waals surface area contributed by atoms with Crippen LogP contribution in [0, 0.1) is 0 Å². The summed E-state index contributed by atoms with van der Waals surface area (Å²) in [4.78, 5) is 12.9. The van der Waals surface area contributed by atoms with E-state index in [1.807, 2.05) is 20.8 Å². The number of hydrogen-bond acceptors (Lipinski definition) is 5. The van der Waals surface area contributed by atoms with Gasteiger partial charge in [-0.25, -0.2) is 0 Å². The zero-order valence-corrected chi connectivity index (χ0v) is 17.6. The summed E-state index contributed by atoms with van der Waals surface area (Å²) in [5.41, 5.74) is 1.90. The maximum absolute atomic E-state index is 12.9. The zero-order chi connectivity index (χ0) is 21.9. The van der Waals surface area contributed by atoms with Crippen molar-refractivity contribution in [3.05, 3.63) is 70.8 Å². The molecule has 5 nitrogen and oxygen atoms in total. The molecule has 1 aliphatic rings. The van der Waals surface area contributed by atoms with E-state index in [4.69, 9.17) is 4.74 Å². The fourth-order valence-electron chi connectivity index (χ4n) is 3.55. The van der Waals surface area contributed by atoms with Crippen molar-refractivity contribution < 1.29 is 24.9 Å². The lowest BCUT2D eigenvalue weighted by Crippen LogP contribution is -2.49. The number of benzene rings is 2. The minimum atomic E-state index is -0.859. The number of ether oxygens (including phenoxy) is 1. The molecule has 158 valence electrons. The molecule has 3 rings (SSSR count). The van der Waals surface area contributed by atoms with Crippen molar-refractivity contribution in [2.24, 2.45) is 0 Å². The molecule has 0 aromatic heterocycles. The molecule has 0 unspecified atom stereocenters. The van der Waals surface area contributed by atoms with E-state index in [-0.39, 0.29) is 23.7 Å².